The highest BCUT2D eigenvalue weighted by Gasteiger charge is 2.29. The molecule has 0 heterocycles. The molecule has 0 spiro atoms. The molecule has 0 fully saturated rings. The Bertz CT molecular complexity index is 649. The number of nitrogens with zero attached hydrogens (tertiary/aromatic N) is 1. The Morgan fingerprint density at radius 2 is 1.55 bits per heavy atom. The first kappa shape index (κ1) is 25.6. The maximum Gasteiger partial charge on any atom is 0.325 e. The zero-order valence-corrected chi connectivity index (χ0v) is 15.9. The lowest BCUT2D eigenvalue weighted by Gasteiger charge is -2.23. The van der Waals surface area contributed by atoms with Crippen molar-refractivity contribution in [3.05, 3.63) is 0 Å². The number of carboxylic acids is 2. The van der Waals surface area contributed by atoms with E-state index in [1.54, 1.807) is 0 Å². The van der Waals surface area contributed by atoms with Gasteiger partial charge in [-0.3, -0.25) is 29.0 Å². The van der Waals surface area contributed by atoms with Crippen LogP contribution in [0.1, 0.15) is 26.2 Å². The van der Waals surface area contributed by atoms with Gasteiger partial charge in [-0.15, -0.1) is 0 Å². The van der Waals surface area contributed by atoms with Crippen molar-refractivity contribution >= 4 is 35.6 Å². The summed E-state index contributed by atoms with van der Waals surface area (Å²) in [5.41, 5.74) is 15.6. The van der Waals surface area contributed by atoms with Gasteiger partial charge in [-0.05, 0) is 19.8 Å². The smallest absolute Gasteiger partial charge is 0.325 e. The lowest BCUT2D eigenvalue weighted by Crippen LogP contribution is -2.56. The summed E-state index contributed by atoms with van der Waals surface area (Å²) in [5.74, 6) is -5.38. The average Bonchev–Trinajstić information content (AvgIpc) is 2.62. The quantitative estimate of drug-likeness (QED) is 0.0819. The SMILES string of the molecule is CC(NC(=O)C(CC(=O)O)NC(=O)C(CCCN=C(N)N)NC(=O)CN)C(=O)O. The van der Waals surface area contributed by atoms with Gasteiger partial charge >= 0.3 is 11.9 Å². The molecular formula is C15H27N7O7. The van der Waals surface area contributed by atoms with Crippen LogP contribution in [0.15, 0.2) is 4.99 Å². The summed E-state index contributed by atoms with van der Waals surface area (Å²) in [6.07, 6.45) is -0.441. The third kappa shape index (κ3) is 11.1. The van der Waals surface area contributed by atoms with Gasteiger partial charge in [0.2, 0.25) is 17.7 Å². The van der Waals surface area contributed by atoms with Gasteiger partial charge in [-0.1, -0.05) is 0 Å². The summed E-state index contributed by atoms with van der Waals surface area (Å²) in [7, 11) is 0. The normalized spacial score (nSPS) is 13.3. The molecule has 3 amide bonds. The van der Waals surface area contributed by atoms with Crippen molar-refractivity contribution in [3.63, 3.8) is 0 Å². The van der Waals surface area contributed by atoms with Crippen LogP contribution in [0.3, 0.4) is 0 Å². The summed E-state index contributed by atoms with van der Waals surface area (Å²) in [6.45, 7) is 0.945. The van der Waals surface area contributed by atoms with Crippen LogP contribution >= 0.6 is 0 Å². The van der Waals surface area contributed by atoms with Crippen LogP contribution in [0.2, 0.25) is 0 Å². The molecule has 0 saturated heterocycles. The van der Waals surface area contributed by atoms with Crippen LogP contribution in [-0.4, -0.2) is 77.0 Å². The van der Waals surface area contributed by atoms with E-state index in [4.69, 9.17) is 27.4 Å². The van der Waals surface area contributed by atoms with Gasteiger partial charge in [0.25, 0.3) is 0 Å². The van der Waals surface area contributed by atoms with E-state index in [2.05, 4.69) is 20.9 Å². The van der Waals surface area contributed by atoms with Crippen molar-refractivity contribution in [3.8, 4) is 0 Å². The van der Waals surface area contributed by atoms with E-state index in [0.717, 1.165) is 0 Å². The Balaban J connectivity index is 5.22. The second-order valence-electron chi connectivity index (χ2n) is 6.00. The van der Waals surface area contributed by atoms with E-state index < -0.39 is 60.8 Å². The summed E-state index contributed by atoms with van der Waals surface area (Å²) >= 11 is 0. The van der Waals surface area contributed by atoms with Crippen molar-refractivity contribution in [1.82, 2.24) is 16.0 Å². The maximum absolute atomic E-state index is 12.5. The van der Waals surface area contributed by atoms with Crippen LogP contribution in [-0.2, 0) is 24.0 Å². The fraction of sp³-hybridized carbons (Fsp3) is 0.600. The summed E-state index contributed by atoms with van der Waals surface area (Å²) < 4.78 is 0. The van der Waals surface area contributed by atoms with E-state index >= 15 is 0 Å². The molecule has 14 nitrogen and oxygen atoms in total. The van der Waals surface area contributed by atoms with Crippen molar-refractivity contribution in [2.75, 3.05) is 13.1 Å². The molecule has 0 aromatic heterocycles. The third-order valence-corrected chi connectivity index (χ3v) is 3.52. The first-order chi connectivity index (χ1) is 13.5. The lowest BCUT2D eigenvalue weighted by atomic mass is 10.1. The van der Waals surface area contributed by atoms with Crippen LogP contribution in [0.5, 0.6) is 0 Å². The van der Waals surface area contributed by atoms with Gasteiger partial charge in [0, 0.05) is 6.54 Å². The number of hydrogen-bond acceptors (Lipinski definition) is 7. The minimum atomic E-state index is -1.56. The molecule has 0 aromatic rings. The molecule has 11 N–H and O–H groups in total. The number of aliphatic imine (C=N–C) groups is 1. The van der Waals surface area contributed by atoms with Gasteiger partial charge in [-0.25, -0.2) is 0 Å². The minimum Gasteiger partial charge on any atom is -0.481 e. The molecule has 0 radical (unpaired) electrons. The molecule has 29 heavy (non-hydrogen) atoms. The number of aliphatic carboxylic acids is 2. The van der Waals surface area contributed by atoms with Gasteiger partial charge in [0.15, 0.2) is 5.96 Å². The Morgan fingerprint density at radius 3 is 2.03 bits per heavy atom. The van der Waals surface area contributed by atoms with E-state index in [1.165, 1.54) is 6.92 Å². The third-order valence-electron chi connectivity index (χ3n) is 3.52. The monoisotopic (exact) mass is 417 g/mol. The molecule has 3 atom stereocenters. The first-order valence-electron chi connectivity index (χ1n) is 8.58. The second-order valence-corrected chi connectivity index (χ2v) is 6.00. The Kier molecular flexibility index (Phi) is 11.4. The number of hydrogen-bond donors (Lipinski definition) is 8. The highest BCUT2D eigenvalue weighted by atomic mass is 16.4. The molecule has 0 rings (SSSR count). The number of nitrogens with one attached hydrogen (secondary N) is 3. The highest BCUT2D eigenvalue weighted by Crippen LogP contribution is 2.02. The highest BCUT2D eigenvalue weighted by molar-refractivity contribution is 5.95. The van der Waals surface area contributed by atoms with Crippen LogP contribution < -0.4 is 33.2 Å². The largest absolute Gasteiger partial charge is 0.481 e. The van der Waals surface area contributed by atoms with E-state index in [1.807, 2.05) is 0 Å². The fourth-order valence-corrected chi connectivity index (χ4v) is 2.06. The van der Waals surface area contributed by atoms with Gasteiger partial charge in [0.05, 0.1) is 13.0 Å². The molecule has 3 unspecified atom stereocenters. The van der Waals surface area contributed by atoms with E-state index in [-0.39, 0.29) is 25.3 Å². The zero-order chi connectivity index (χ0) is 22.6. The van der Waals surface area contributed by atoms with Crippen molar-refractivity contribution in [2.24, 2.45) is 22.2 Å². The minimum absolute atomic E-state index is 0.0707. The number of guanidine groups is 1. The molecule has 0 aliphatic carbocycles. The molecule has 0 aliphatic rings. The number of nitrogens with two attached hydrogens (primary N) is 3. The van der Waals surface area contributed by atoms with E-state index in [0.29, 0.717) is 0 Å². The van der Waals surface area contributed by atoms with Gasteiger partial charge in [-0.2, -0.15) is 0 Å². The second kappa shape index (κ2) is 12.9. The standard InChI is InChI=1S/C15H27N7O7/c1-7(14(28)29)20-13(27)9(5-11(24)25)22-12(26)8(21-10(23)6-16)3-2-4-19-15(17)18/h7-9H,2-6,16H2,1H3,(H,20,27)(H,21,23)(H,22,26)(H,24,25)(H,28,29)(H4,17,18,19). The average molecular weight is 417 g/mol. The predicted octanol–water partition coefficient (Wildman–Crippen LogP) is -3.97. The first-order valence-corrected chi connectivity index (χ1v) is 8.58. The molecule has 14 heteroatoms. The number of carbonyl (C=O) groups excluding carboxylic acids is 3. The van der Waals surface area contributed by atoms with Crippen molar-refractivity contribution < 1.29 is 34.2 Å². The molecule has 0 bridgehead atoms. The molecule has 0 saturated carbocycles. The summed E-state index contributed by atoms with van der Waals surface area (Å²) in [6, 6.07) is -4.00. The Morgan fingerprint density at radius 1 is 0.966 bits per heavy atom. The van der Waals surface area contributed by atoms with Crippen LogP contribution in [0.4, 0.5) is 0 Å². The number of amides is 3. The lowest BCUT2D eigenvalue weighted by molar-refractivity contribution is -0.143. The van der Waals surface area contributed by atoms with E-state index in [9.17, 15) is 24.0 Å². The number of rotatable bonds is 13. The predicted molar refractivity (Wildman–Crippen MR) is 100 cm³/mol. The Labute approximate surface area is 166 Å². The van der Waals surface area contributed by atoms with Gasteiger partial charge < -0.3 is 43.4 Å². The topological polar surface area (TPSA) is 252 Å². The van der Waals surface area contributed by atoms with Crippen molar-refractivity contribution in [1.29, 1.82) is 0 Å². The molecule has 164 valence electrons. The van der Waals surface area contributed by atoms with Crippen molar-refractivity contribution in [2.45, 2.75) is 44.3 Å². The maximum atomic E-state index is 12.5. The molecule has 0 aliphatic heterocycles. The van der Waals surface area contributed by atoms with Crippen LogP contribution in [0.25, 0.3) is 0 Å². The summed E-state index contributed by atoms with van der Waals surface area (Å²) in [5, 5.41) is 24.4. The van der Waals surface area contributed by atoms with Crippen LogP contribution in [0, 0.1) is 0 Å². The fourth-order valence-electron chi connectivity index (χ4n) is 2.06. The Hall–Kier alpha value is -3.42. The summed E-state index contributed by atoms with van der Waals surface area (Å²) in [4.78, 5) is 61.8. The molecular weight excluding hydrogens is 390 g/mol. The zero-order valence-electron chi connectivity index (χ0n) is 15.9. The molecule has 0 aromatic carbocycles. The van der Waals surface area contributed by atoms with Gasteiger partial charge in [0.1, 0.15) is 18.1 Å². The number of carbonyl (C=O) groups is 5. The number of carboxylic acid groups (broad SMARTS) is 2.